The molecule has 0 N–H and O–H groups in total. The summed E-state index contributed by atoms with van der Waals surface area (Å²) in [6.45, 7) is 0. The molecule has 2 nitrogen and oxygen atoms in total. The molecule has 0 saturated carbocycles. The van der Waals surface area contributed by atoms with Crippen molar-refractivity contribution in [2.24, 2.45) is 0 Å². The molecule has 0 saturated heterocycles. The molecule has 2 aromatic rings. The minimum atomic E-state index is 0.433. The summed E-state index contributed by atoms with van der Waals surface area (Å²) in [6.07, 6.45) is 8.37. The van der Waals surface area contributed by atoms with Crippen molar-refractivity contribution in [3.05, 3.63) is 53.3 Å². The Hall–Kier alpha value is -1.54. The third-order valence-corrected chi connectivity index (χ3v) is 3.85. The summed E-state index contributed by atoms with van der Waals surface area (Å²) >= 11 is 5.91. The Balaban J connectivity index is 1.87. The maximum absolute atomic E-state index is 5.92. The summed E-state index contributed by atoms with van der Waals surface area (Å²) in [5.41, 5.74) is 3.84. The second kappa shape index (κ2) is 5.62. The maximum Gasteiger partial charge on any atom is 0.150 e. The predicted octanol–water partition coefficient (Wildman–Crippen LogP) is 4.49. The number of hydrogen-bond acceptors (Lipinski definition) is 2. The number of halogens is 1. The molecule has 19 heavy (non-hydrogen) atoms. The normalized spacial score (nSPS) is 13.9. The lowest BCUT2D eigenvalue weighted by Gasteiger charge is -2.17. The summed E-state index contributed by atoms with van der Waals surface area (Å²) in [4.78, 5) is 4.09. The van der Waals surface area contributed by atoms with Gasteiger partial charge in [-0.15, -0.1) is 11.6 Å². The lowest BCUT2D eigenvalue weighted by atomic mass is 9.92. The number of benzene rings is 1. The second-order valence-electron chi connectivity index (χ2n) is 4.86. The topological polar surface area (TPSA) is 22.1 Å². The first-order valence-electron chi connectivity index (χ1n) is 6.65. The maximum atomic E-state index is 5.92. The van der Waals surface area contributed by atoms with Gasteiger partial charge in [0, 0.05) is 11.8 Å². The molecule has 98 valence electrons. The Morgan fingerprint density at radius 1 is 1.11 bits per heavy atom. The molecular formula is C16H16ClNO. The Kier molecular flexibility index (Phi) is 3.69. The molecule has 1 aromatic heterocycles. The van der Waals surface area contributed by atoms with Gasteiger partial charge in [0.25, 0.3) is 0 Å². The van der Waals surface area contributed by atoms with Crippen LogP contribution in [0.2, 0.25) is 0 Å². The standard InChI is InChI=1S/C16H16ClNO/c17-10-14-7-8-18-11-16(14)19-15-6-5-12-3-1-2-4-13(12)9-15/h5-9,11H,1-4,10H2. The van der Waals surface area contributed by atoms with Gasteiger partial charge in [-0.3, -0.25) is 4.98 Å². The molecule has 1 aliphatic rings. The van der Waals surface area contributed by atoms with E-state index in [4.69, 9.17) is 16.3 Å². The molecule has 3 heteroatoms. The fourth-order valence-corrected chi connectivity index (χ4v) is 2.73. The van der Waals surface area contributed by atoms with Crippen molar-refractivity contribution in [1.82, 2.24) is 4.98 Å². The van der Waals surface area contributed by atoms with Crippen LogP contribution in [0.25, 0.3) is 0 Å². The van der Waals surface area contributed by atoms with E-state index in [2.05, 4.69) is 17.1 Å². The molecule has 0 radical (unpaired) electrons. The van der Waals surface area contributed by atoms with Gasteiger partial charge in [0.15, 0.2) is 0 Å². The van der Waals surface area contributed by atoms with E-state index in [1.807, 2.05) is 12.1 Å². The van der Waals surface area contributed by atoms with Gasteiger partial charge in [-0.05, 0) is 55.0 Å². The lowest BCUT2D eigenvalue weighted by molar-refractivity contribution is 0.474. The smallest absolute Gasteiger partial charge is 0.150 e. The number of fused-ring (bicyclic) bond motifs is 1. The number of aromatic nitrogens is 1. The highest BCUT2D eigenvalue weighted by Crippen LogP contribution is 2.30. The number of rotatable bonds is 3. The van der Waals surface area contributed by atoms with Gasteiger partial charge >= 0.3 is 0 Å². The van der Waals surface area contributed by atoms with E-state index in [9.17, 15) is 0 Å². The molecule has 0 unspecified atom stereocenters. The van der Waals surface area contributed by atoms with Crippen LogP contribution in [-0.2, 0) is 18.7 Å². The molecule has 0 spiro atoms. The number of alkyl halides is 1. The highest BCUT2D eigenvalue weighted by molar-refractivity contribution is 6.17. The minimum Gasteiger partial charge on any atom is -0.455 e. The first-order valence-corrected chi connectivity index (χ1v) is 7.19. The van der Waals surface area contributed by atoms with Crippen molar-refractivity contribution in [2.75, 3.05) is 0 Å². The first-order chi connectivity index (χ1) is 9.36. The Morgan fingerprint density at radius 2 is 1.95 bits per heavy atom. The highest BCUT2D eigenvalue weighted by atomic mass is 35.5. The van der Waals surface area contributed by atoms with E-state index in [1.54, 1.807) is 12.4 Å². The Bertz CT molecular complexity index is 583. The molecule has 3 rings (SSSR count). The Morgan fingerprint density at radius 3 is 2.79 bits per heavy atom. The molecular weight excluding hydrogens is 258 g/mol. The molecule has 0 amide bonds. The molecule has 0 aliphatic heterocycles. The Labute approximate surface area is 118 Å². The molecule has 0 bridgehead atoms. The van der Waals surface area contributed by atoms with Crippen LogP contribution in [0.4, 0.5) is 0 Å². The number of hydrogen-bond donors (Lipinski definition) is 0. The zero-order valence-corrected chi connectivity index (χ0v) is 11.5. The largest absolute Gasteiger partial charge is 0.455 e. The van der Waals surface area contributed by atoms with Crippen LogP contribution in [0.3, 0.4) is 0 Å². The van der Waals surface area contributed by atoms with Gasteiger partial charge in [0.05, 0.1) is 12.1 Å². The summed E-state index contributed by atoms with van der Waals surface area (Å²) in [5, 5.41) is 0. The van der Waals surface area contributed by atoms with E-state index >= 15 is 0 Å². The van der Waals surface area contributed by atoms with E-state index in [0.29, 0.717) is 5.88 Å². The van der Waals surface area contributed by atoms with Crippen LogP contribution in [0.5, 0.6) is 11.5 Å². The summed E-state index contributed by atoms with van der Waals surface area (Å²) in [6, 6.07) is 8.26. The highest BCUT2D eigenvalue weighted by Gasteiger charge is 2.11. The third kappa shape index (κ3) is 2.74. The average molecular weight is 274 g/mol. The van der Waals surface area contributed by atoms with Crippen molar-refractivity contribution in [1.29, 1.82) is 0 Å². The predicted molar refractivity (Wildman–Crippen MR) is 77.0 cm³/mol. The zero-order chi connectivity index (χ0) is 13.1. The van der Waals surface area contributed by atoms with Crippen LogP contribution in [0, 0.1) is 0 Å². The summed E-state index contributed by atoms with van der Waals surface area (Å²) < 4.78 is 5.92. The molecule has 0 atom stereocenters. The lowest BCUT2D eigenvalue weighted by Crippen LogP contribution is -2.02. The van der Waals surface area contributed by atoms with E-state index in [-0.39, 0.29) is 0 Å². The molecule has 0 fully saturated rings. The van der Waals surface area contributed by atoms with E-state index < -0.39 is 0 Å². The van der Waals surface area contributed by atoms with Crippen molar-refractivity contribution < 1.29 is 4.74 Å². The van der Waals surface area contributed by atoms with Crippen molar-refractivity contribution >= 4 is 11.6 Å². The first kappa shape index (κ1) is 12.5. The van der Waals surface area contributed by atoms with Crippen molar-refractivity contribution in [2.45, 2.75) is 31.6 Å². The molecule has 1 aliphatic carbocycles. The van der Waals surface area contributed by atoms with E-state index in [1.165, 1.54) is 30.4 Å². The van der Waals surface area contributed by atoms with Crippen LogP contribution in [0.15, 0.2) is 36.7 Å². The SMILES string of the molecule is ClCc1ccncc1Oc1ccc2c(c1)CCCC2. The van der Waals surface area contributed by atoms with Gasteiger partial charge in [0.1, 0.15) is 11.5 Å². The monoisotopic (exact) mass is 273 g/mol. The van der Waals surface area contributed by atoms with Gasteiger partial charge in [-0.25, -0.2) is 0 Å². The van der Waals surface area contributed by atoms with Crippen LogP contribution >= 0.6 is 11.6 Å². The van der Waals surface area contributed by atoms with E-state index in [0.717, 1.165) is 23.5 Å². The number of nitrogens with zero attached hydrogens (tertiary/aromatic N) is 1. The van der Waals surface area contributed by atoms with Gasteiger partial charge < -0.3 is 4.74 Å². The molecule has 1 aromatic carbocycles. The van der Waals surface area contributed by atoms with Crippen LogP contribution < -0.4 is 4.74 Å². The van der Waals surface area contributed by atoms with Crippen molar-refractivity contribution in [3.8, 4) is 11.5 Å². The number of ether oxygens (including phenoxy) is 1. The van der Waals surface area contributed by atoms with Crippen LogP contribution in [-0.4, -0.2) is 4.98 Å². The second-order valence-corrected chi connectivity index (χ2v) is 5.12. The third-order valence-electron chi connectivity index (χ3n) is 3.56. The van der Waals surface area contributed by atoms with Gasteiger partial charge in [-0.2, -0.15) is 0 Å². The average Bonchev–Trinajstić information content (AvgIpc) is 2.48. The van der Waals surface area contributed by atoms with Crippen LogP contribution in [0.1, 0.15) is 29.5 Å². The van der Waals surface area contributed by atoms with Crippen molar-refractivity contribution in [3.63, 3.8) is 0 Å². The number of pyridine rings is 1. The van der Waals surface area contributed by atoms with Gasteiger partial charge in [0.2, 0.25) is 0 Å². The number of aryl methyl sites for hydroxylation is 2. The fourth-order valence-electron chi connectivity index (χ4n) is 2.51. The van der Waals surface area contributed by atoms with Gasteiger partial charge in [-0.1, -0.05) is 6.07 Å². The molecule has 1 heterocycles. The quantitative estimate of drug-likeness (QED) is 0.769. The zero-order valence-electron chi connectivity index (χ0n) is 10.7. The summed E-state index contributed by atoms with van der Waals surface area (Å²) in [7, 11) is 0. The fraction of sp³-hybridized carbons (Fsp3) is 0.312. The summed E-state index contributed by atoms with van der Waals surface area (Å²) in [5.74, 6) is 2.05. The minimum absolute atomic E-state index is 0.433.